The van der Waals surface area contributed by atoms with Gasteiger partial charge in [0.1, 0.15) is 0 Å². The molecule has 0 fully saturated rings. The predicted molar refractivity (Wildman–Crippen MR) is 111 cm³/mol. The van der Waals surface area contributed by atoms with Gasteiger partial charge in [-0.3, -0.25) is 4.79 Å². The fourth-order valence-electron chi connectivity index (χ4n) is 2.92. The number of nitrogens with one attached hydrogen (secondary N) is 1. The third-order valence-electron chi connectivity index (χ3n) is 4.69. The predicted octanol–water partition coefficient (Wildman–Crippen LogP) is 5.30. The fraction of sp³-hybridized carbons (Fsp3) is 0.348. The molecule has 3 rings (SSSR count). The lowest BCUT2D eigenvalue weighted by atomic mass is 9.87. The minimum atomic E-state index is -0.00759. The minimum absolute atomic E-state index is 0.00759. The highest BCUT2D eigenvalue weighted by Gasteiger charge is 2.15. The Labute approximate surface area is 166 Å². The Morgan fingerprint density at radius 1 is 1.07 bits per heavy atom. The molecule has 0 saturated carbocycles. The van der Waals surface area contributed by atoms with Crippen LogP contribution in [0.4, 0.5) is 5.69 Å². The van der Waals surface area contributed by atoms with E-state index < -0.39 is 0 Å². The van der Waals surface area contributed by atoms with Crippen LogP contribution in [0.2, 0.25) is 0 Å². The lowest BCUT2D eigenvalue weighted by molar-refractivity contribution is -0.116. The second kappa shape index (κ2) is 8.38. The molecule has 0 aliphatic rings. The van der Waals surface area contributed by atoms with E-state index in [1.165, 1.54) is 5.56 Å². The largest absolute Gasteiger partial charge is 0.339 e. The molecular weight excluding hydrogens is 350 g/mol. The van der Waals surface area contributed by atoms with Crippen molar-refractivity contribution in [2.24, 2.45) is 0 Å². The molecule has 2 aromatic carbocycles. The molecule has 0 spiro atoms. The van der Waals surface area contributed by atoms with Crippen molar-refractivity contribution in [3.63, 3.8) is 0 Å². The van der Waals surface area contributed by atoms with Gasteiger partial charge in [0.05, 0.1) is 0 Å². The van der Waals surface area contributed by atoms with Gasteiger partial charge in [-0.25, -0.2) is 0 Å². The summed E-state index contributed by atoms with van der Waals surface area (Å²) in [5, 5.41) is 7.01. The number of amides is 1. The Morgan fingerprint density at radius 3 is 2.46 bits per heavy atom. The second-order valence-corrected chi connectivity index (χ2v) is 8.06. The van der Waals surface area contributed by atoms with E-state index in [9.17, 15) is 4.79 Å². The van der Waals surface area contributed by atoms with E-state index in [1.54, 1.807) is 0 Å². The van der Waals surface area contributed by atoms with Crippen molar-refractivity contribution in [3.05, 3.63) is 65.5 Å². The van der Waals surface area contributed by atoms with Gasteiger partial charge >= 0.3 is 0 Å². The molecule has 0 saturated heterocycles. The smallest absolute Gasteiger partial charge is 0.226 e. The third kappa shape index (κ3) is 5.06. The summed E-state index contributed by atoms with van der Waals surface area (Å²) in [6.07, 6.45) is 1.64. The maximum atomic E-state index is 12.1. The third-order valence-corrected chi connectivity index (χ3v) is 4.69. The van der Waals surface area contributed by atoms with Gasteiger partial charge in [-0.2, -0.15) is 4.98 Å². The number of anilines is 1. The monoisotopic (exact) mass is 377 g/mol. The Morgan fingerprint density at radius 2 is 1.79 bits per heavy atom. The van der Waals surface area contributed by atoms with Gasteiger partial charge < -0.3 is 9.84 Å². The molecule has 1 N–H and O–H groups in total. The van der Waals surface area contributed by atoms with Crippen LogP contribution in [0.15, 0.2) is 53.1 Å². The van der Waals surface area contributed by atoms with Crippen molar-refractivity contribution < 1.29 is 9.32 Å². The SMILES string of the molecule is Cc1ccccc1NC(=O)CCCc1nc(-c2ccc(C(C)(C)C)cc2)no1. The molecule has 0 atom stereocenters. The van der Waals surface area contributed by atoms with E-state index in [2.05, 4.69) is 48.4 Å². The molecule has 146 valence electrons. The number of hydrogen-bond donors (Lipinski definition) is 1. The first kappa shape index (κ1) is 19.8. The van der Waals surface area contributed by atoms with Crippen LogP contribution in [-0.2, 0) is 16.6 Å². The number of aryl methyl sites for hydroxylation is 2. The molecule has 1 amide bonds. The van der Waals surface area contributed by atoms with Gasteiger partial charge in [-0.1, -0.05) is 68.4 Å². The summed E-state index contributed by atoms with van der Waals surface area (Å²) in [6.45, 7) is 8.53. The van der Waals surface area contributed by atoms with Gasteiger partial charge in [0.15, 0.2) is 0 Å². The van der Waals surface area contributed by atoms with Crippen LogP contribution < -0.4 is 5.32 Å². The average Bonchev–Trinajstić information content (AvgIpc) is 3.12. The van der Waals surface area contributed by atoms with Gasteiger partial charge in [0.2, 0.25) is 17.6 Å². The van der Waals surface area contributed by atoms with Crippen LogP contribution in [0.1, 0.15) is 50.6 Å². The van der Waals surface area contributed by atoms with Crippen molar-refractivity contribution in [2.75, 3.05) is 5.32 Å². The van der Waals surface area contributed by atoms with Crippen LogP contribution in [-0.4, -0.2) is 16.0 Å². The van der Waals surface area contributed by atoms with Crippen LogP contribution in [0.25, 0.3) is 11.4 Å². The van der Waals surface area contributed by atoms with Gasteiger partial charge in [0, 0.05) is 24.1 Å². The quantitative estimate of drug-likeness (QED) is 0.632. The first-order chi connectivity index (χ1) is 13.3. The number of hydrogen-bond acceptors (Lipinski definition) is 4. The second-order valence-electron chi connectivity index (χ2n) is 8.06. The number of rotatable bonds is 6. The zero-order valence-corrected chi connectivity index (χ0v) is 17.0. The molecule has 3 aromatic rings. The number of carbonyl (C=O) groups excluding carboxylic acids is 1. The van der Waals surface area contributed by atoms with E-state index in [4.69, 9.17) is 4.52 Å². The van der Waals surface area contributed by atoms with Crippen LogP contribution in [0.3, 0.4) is 0 Å². The van der Waals surface area contributed by atoms with Gasteiger partial charge in [0.25, 0.3) is 0 Å². The van der Waals surface area contributed by atoms with Crippen molar-refractivity contribution in [1.29, 1.82) is 0 Å². The number of nitrogens with zero attached hydrogens (tertiary/aromatic N) is 2. The number of para-hydroxylation sites is 1. The summed E-state index contributed by atoms with van der Waals surface area (Å²) in [5.41, 5.74) is 4.21. The molecule has 5 heteroatoms. The van der Waals surface area contributed by atoms with Crippen LogP contribution in [0.5, 0.6) is 0 Å². The van der Waals surface area contributed by atoms with E-state index in [0.29, 0.717) is 31.0 Å². The summed E-state index contributed by atoms with van der Waals surface area (Å²) in [4.78, 5) is 16.6. The van der Waals surface area contributed by atoms with Crippen molar-refractivity contribution in [2.45, 2.75) is 52.4 Å². The van der Waals surface area contributed by atoms with E-state index in [-0.39, 0.29) is 11.3 Å². The summed E-state index contributed by atoms with van der Waals surface area (Å²) in [6, 6.07) is 16.0. The highest BCUT2D eigenvalue weighted by Crippen LogP contribution is 2.25. The lowest BCUT2D eigenvalue weighted by Crippen LogP contribution is -2.12. The van der Waals surface area contributed by atoms with Gasteiger partial charge in [-0.05, 0) is 36.0 Å². The van der Waals surface area contributed by atoms with Crippen LogP contribution >= 0.6 is 0 Å². The summed E-state index contributed by atoms with van der Waals surface area (Å²) in [5.74, 6) is 1.13. The Hall–Kier alpha value is -2.95. The number of aromatic nitrogens is 2. The minimum Gasteiger partial charge on any atom is -0.339 e. The molecule has 28 heavy (non-hydrogen) atoms. The molecule has 1 heterocycles. The maximum Gasteiger partial charge on any atom is 0.226 e. The first-order valence-electron chi connectivity index (χ1n) is 9.62. The Bertz CT molecular complexity index is 937. The zero-order valence-electron chi connectivity index (χ0n) is 17.0. The van der Waals surface area contributed by atoms with Crippen molar-refractivity contribution in [1.82, 2.24) is 10.1 Å². The van der Waals surface area contributed by atoms with E-state index in [0.717, 1.165) is 16.8 Å². The Balaban J connectivity index is 1.52. The zero-order chi connectivity index (χ0) is 20.1. The topological polar surface area (TPSA) is 68.0 Å². The van der Waals surface area contributed by atoms with Gasteiger partial charge in [-0.15, -0.1) is 0 Å². The maximum absolute atomic E-state index is 12.1. The highest BCUT2D eigenvalue weighted by molar-refractivity contribution is 5.91. The summed E-state index contributed by atoms with van der Waals surface area (Å²) >= 11 is 0. The Kier molecular flexibility index (Phi) is 5.93. The fourth-order valence-corrected chi connectivity index (χ4v) is 2.92. The molecule has 0 aliphatic heterocycles. The van der Waals surface area contributed by atoms with E-state index >= 15 is 0 Å². The molecule has 0 unspecified atom stereocenters. The number of carbonyl (C=O) groups is 1. The molecule has 1 aromatic heterocycles. The lowest BCUT2D eigenvalue weighted by Gasteiger charge is -2.18. The molecular formula is C23H27N3O2. The van der Waals surface area contributed by atoms with Crippen LogP contribution in [0, 0.1) is 6.92 Å². The molecule has 5 nitrogen and oxygen atoms in total. The first-order valence-corrected chi connectivity index (χ1v) is 9.62. The van der Waals surface area contributed by atoms with E-state index in [1.807, 2.05) is 43.3 Å². The molecule has 0 radical (unpaired) electrons. The highest BCUT2D eigenvalue weighted by atomic mass is 16.5. The van der Waals surface area contributed by atoms with Crippen molar-refractivity contribution in [3.8, 4) is 11.4 Å². The summed E-state index contributed by atoms with van der Waals surface area (Å²) in [7, 11) is 0. The standard InChI is InChI=1S/C23H27N3O2/c1-16-8-5-6-9-19(16)24-20(27)10-7-11-21-25-22(26-28-21)17-12-14-18(15-13-17)23(2,3)4/h5-6,8-9,12-15H,7,10-11H2,1-4H3,(H,24,27). The van der Waals surface area contributed by atoms with Crippen molar-refractivity contribution >= 4 is 11.6 Å². The summed E-state index contributed by atoms with van der Waals surface area (Å²) < 4.78 is 5.34. The number of benzene rings is 2. The molecule has 0 bridgehead atoms. The average molecular weight is 377 g/mol. The molecule has 0 aliphatic carbocycles. The normalized spacial score (nSPS) is 11.4.